The number of amides is 1. The number of nitrogens with zero attached hydrogens (tertiary/aromatic N) is 4. The van der Waals surface area contributed by atoms with Crippen LogP contribution >= 0.6 is 0 Å². The summed E-state index contributed by atoms with van der Waals surface area (Å²) in [5, 5.41) is 4.44. The van der Waals surface area contributed by atoms with E-state index in [0.29, 0.717) is 12.5 Å². The number of carbonyl (C=O) groups excluding carboxylic acids is 1. The molecule has 1 aromatic carbocycles. The fourth-order valence-electron chi connectivity index (χ4n) is 6.43. The van der Waals surface area contributed by atoms with Gasteiger partial charge in [0.15, 0.2) is 0 Å². The molecule has 0 unspecified atom stereocenters. The number of hydrogen-bond donors (Lipinski definition) is 1. The van der Waals surface area contributed by atoms with Gasteiger partial charge in [-0.05, 0) is 82.1 Å². The van der Waals surface area contributed by atoms with E-state index in [1.807, 2.05) is 42.2 Å². The van der Waals surface area contributed by atoms with E-state index in [-0.39, 0.29) is 18.2 Å². The Bertz CT molecular complexity index is 1370. The normalized spacial score (nSPS) is 21.1. The van der Waals surface area contributed by atoms with Crippen LogP contribution in [0, 0.1) is 6.92 Å². The van der Waals surface area contributed by atoms with E-state index >= 15 is 0 Å². The fraction of sp³-hybridized carbons (Fsp3) is 0.516. The van der Waals surface area contributed by atoms with Crippen molar-refractivity contribution in [2.24, 2.45) is 0 Å². The molecule has 0 spiro atoms. The van der Waals surface area contributed by atoms with Crippen molar-refractivity contribution in [1.82, 2.24) is 25.1 Å². The van der Waals surface area contributed by atoms with Crippen LogP contribution in [0.5, 0.6) is 11.5 Å². The molecule has 1 amide bonds. The number of hydrogen-bond acceptors (Lipinski definition) is 8. The number of fused-ring (bicyclic) bond motifs is 1. The summed E-state index contributed by atoms with van der Waals surface area (Å²) < 4.78 is 16.9. The molecular weight excluding hydrogens is 506 g/mol. The summed E-state index contributed by atoms with van der Waals surface area (Å²) in [5.41, 5.74) is 5.01. The molecule has 212 valence electrons. The average molecular weight is 546 g/mol. The van der Waals surface area contributed by atoms with Crippen molar-refractivity contribution in [1.29, 1.82) is 0 Å². The Morgan fingerprint density at radius 3 is 2.52 bits per heavy atom. The monoisotopic (exact) mass is 545 g/mol. The van der Waals surface area contributed by atoms with Crippen molar-refractivity contribution >= 4 is 17.0 Å². The highest BCUT2D eigenvalue weighted by Crippen LogP contribution is 2.37. The molecular formula is C31H39N5O4. The second-order valence-corrected chi connectivity index (χ2v) is 11.2. The fourth-order valence-corrected chi connectivity index (χ4v) is 6.43. The lowest BCUT2D eigenvalue weighted by Gasteiger charge is -2.35. The highest BCUT2D eigenvalue weighted by Gasteiger charge is 2.39. The van der Waals surface area contributed by atoms with E-state index in [0.717, 1.165) is 103 Å². The van der Waals surface area contributed by atoms with Crippen molar-refractivity contribution in [3.63, 3.8) is 0 Å². The second-order valence-electron chi connectivity index (χ2n) is 11.2. The highest BCUT2D eigenvalue weighted by molar-refractivity contribution is 5.85. The minimum atomic E-state index is -0.324. The van der Waals surface area contributed by atoms with E-state index < -0.39 is 0 Å². The van der Waals surface area contributed by atoms with E-state index in [4.69, 9.17) is 24.2 Å². The molecule has 3 aromatic rings. The summed E-state index contributed by atoms with van der Waals surface area (Å²) in [6.07, 6.45) is 3.43. The maximum Gasteiger partial charge on any atom is 0.410 e. The maximum atomic E-state index is 13.2. The summed E-state index contributed by atoms with van der Waals surface area (Å²) in [5.74, 6) is 2.00. The van der Waals surface area contributed by atoms with Crippen LogP contribution in [0.1, 0.15) is 60.4 Å². The van der Waals surface area contributed by atoms with Gasteiger partial charge in [-0.15, -0.1) is 0 Å². The Labute approximate surface area is 235 Å². The number of aromatic nitrogens is 2. The Morgan fingerprint density at radius 1 is 1.00 bits per heavy atom. The highest BCUT2D eigenvalue weighted by atomic mass is 16.6. The molecule has 1 N–H and O–H groups in total. The van der Waals surface area contributed by atoms with E-state index in [2.05, 4.69) is 16.3 Å². The number of benzene rings is 1. The lowest BCUT2D eigenvalue weighted by molar-refractivity contribution is 0.110. The van der Waals surface area contributed by atoms with Crippen LogP contribution in [0.15, 0.2) is 36.4 Å². The van der Waals surface area contributed by atoms with Gasteiger partial charge >= 0.3 is 6.09 Å². The van der Waals surface area contributed by atoms with Crippen molar-refractivity contribution in [2.75, 3.05) is 46.9 Å². The topological polar surface area (TPSA) is 89.0 Å². The van der Waals surface area contributed by atoms with E-state index in [1.165, 1.54) is 0 Å². The summed E-state index contributed by atoms with van der Waals surface area (Å²) in [7, 11) is 3.34. The molecule has 9 nitrogen and oxygen atoms in total. The van der Waals surface area contributed by atoms with Crippen LogP contribution in [-0.4, -0.2) is 78.8 Å². The third-order valence-corrected chi connectivity index (χ3v) is 8.71. The number of rotatable bonds is 7. The number of carbonyl (C=O) groups is 1. The number of ether oxygens (including phenoxy) is 3. The zero-order chi connectivity index (χ0) is 27.6. The van der Waals surface area contributed by atoms with Crippen molar-refractivity contribution in [3.05, 3.63) is 59.0 Å². The molecule has 0 saturated carbocycles. The molecule has 0 aliphatic carbocycles. The van der Waals surface area contributed by atoms with Crippen LogP contribution in [0.25, 0.3) is 10.9 Å². The minimum absolute atomic E-state index is 0.172. The van der Waals surface area contributed by atoms with E-state index in [1.54, 1.807) is 14.2 Å². The van der Waals surface area contributed by atoms with Gasteiger partial charge in [-0.3, -0.25) is 14.9 Å². The van der Waals surface area contributed by atoms with Crippen LogP contribution < -0.4 is 14.8 Å². The van der Waals surface area contributed by atoms with Crippen LogP contribution in [0.3, 0.4) is 0 Å². The number of cyclic esters (lactones) is 1. The predicted octanol–water partition coefficient (Wildman–Crippen LogP) is 4.58. The van der Waals surface area contributed by atoms with Crippen LogP contribution in [0.2, 0.25) is 0 Å². The molecule has 2 aromatic heterocycles. The van der Waals surface area contributed by atoms with Crippen molar-refractivity contribution < 1.29 is 19.0 Å². The Hall–Kier alpha value is -3.43. The number of likely N-dealkylation sites (tertiary alicyclic amines) is 1. The summed E-state index contributed by atoms with van der Waals surface area (Å²) in [6.45, 7) is 7.17. The second kappa shape index (κ2) is 11.6. The van der Waals surface area contributed by atoms with Gasteiger partial charge in [0.1, 0.15) is 17.6 Å². The first-order valence-corrected chi connectivity index (χ1v) is 14.4. The minimum Gasteiger partial charge on any atom is -0.497 e. The van der Waals surface area contributed by atoms with Crippen molar-refractivity contribution in [3.8, 4) is 11.5 Å². The molecule has 0 radical (unpaired) electrons. The van der Waals surface area contributed by atoms with E-state index in [9.17, 15) is 4.79 Å². The zero-order valence-corrected chi connectivity index (χ0v) is 23.7. The molecule has 1 atom stereocenters. The Morgan fingerprint density at radius 2 is 1.80 bits per heavy atom. The number of methoxy groups -OCH3 is 2. The SMILES string of the molecule is COc1ccc2nc(C3CCNCC3)cc([C@H]3CN(C4CCN(Cc5ccc(OC)c(C)n5)CC4)C(=O)O3)c2c1. The van der Waals surface area contributed by atoms with Gasteiger partial charge < -0.3 is 24.4 Å². The lowest BCUT2D eigenvalue weighted by atomic mass is 9.91. The van der Waals surface area contributed by atoms with Crippen molar-refractivity contribution in [2.45, 2.75) is 57.2 Å². The summed E-state index contributed by atoms with van der Waals surface area (Å²) in [4.78, 5) is 27.3. The number of nitrogens with one attached hydrogen (secondary N) is 1. The molecule has 5 heterocycles. The molecule has 40 heavy (non-hydrogen) atoms. The zero-order valence-electron chi connectivity index (χ0n) is 23.7. The Kier molecular flexibility index (Phi) is 7.76. The molecule has 9 heteroatoms. The molecule has 0 bridgehead atoms. The molecule has 3 aliphatic heterocycles. The number of piperidine rings is 2. The van der Waals surface area contributed by atoms with Gasteiger partial charge in [-0.2, -0.15) is 0 Å². The molecule has 3 fully saturated rings. The summed E-state index contributed by atoms with van der Waals surface area (Å²) in [6, 6.07) is 12.4. The third-order valence-electron chi connectivity index (χ3n) is 8.71. The smallest absolute Gasteiger partial charge is 0.410 e. The molecule has 3 saturated heterocycles. The van der Waals surface area contributed by atoms with Gasteiger partial charge in [0.25, 0.3) is 0 Å². The van der Waals surface area contributed by atoms with Gasteiger partial charge in [0.05, 0.1) is 37.7 Å². The summed E-state index contributed by atoms with van der Waals surface area (Å²) >= 11 is 0. The lowest BCUT2D eigenvalue weighted by Crippen LogP contribution is -2.45. The quantitative estimate of drug-likeness (QED) is 0.462. The third kappa shape index (κ3) is 5.45. The van der Waals surface area contributed by atoms with Crippen LogP contribution in [-0.2, 0) is 11.3 Å². The Balaban J connectivity index is 1.17. The number of aryl methyl sites for hydroxylation is 1. The first-order chi connectivity index (χ1) is 19.5. The predicted molar refractivity (Wildman–Crippen MR) is 153 cm³/mol. The van der Waals surface area contributed by atoms with Gasteiger partial charge in [0.2, 0.25) is 0 Å². The number of pyridine rings is 2. The maximum absolute atomic E-state index is 13.2. The first-order valence-electron chi connectivity index (χ1n) is 14.4. The standard InChI is InChI=1S/C31H39N5O4/c1-20-29(39-3)7-4-22(33-20)18-35-14-10-23(11-15-35)36-19-30(40-31(36)37)26-17-28(21-8-12-32-13-9-21)34-27-6-5-24(38-2)16-25(26)27/h4-7,16-17,21,23,30,32H,8-15,18-19H2,1-3H3/t30-/m1/s1. The first kappa shape index (κ1) is 26.8. The molecule has 3 aliphatic rings. The van der Waals surface area contributed by atoms with Gasteiger partial charge in [-0.25, -0.2) is 4.79 Å². The average Bonchev–Trinajstić information content (AvgIpc) is 3.38. The van der Waals surface area contributed by atoms with Gasteiger partial charge in [-0.1, -0.05) is 0 Å². The van der Waals surface area contributed by atoms with Crippen LogP contribution in [0.4, 0.5) is 4.79 Å². The van der Waals surface area contributed by atoms with Gasteiger partial charge in [0, 0.05) is 48.2 Å². The largest absolute Gasteiger partial charge is 0.497 e. The molecule has 6 rings (SSSR count).